The van der Waals surface area contributed by atoms with E-state index in [0.29, 0.717) is 0 Å². The Bertz CT molecular complexity index is 917. The summed E-state index contributed by atoms with van der Waals surface area (Å²) in [5.74, 6) is 0.305. The second kappa shape index (κ2) is 9.63. The Morgan fingerprint density at radius 1 is 0.969 bits per heavy atom. The smallest absolute Gasteiger partial charge is 0.230 e. The number of para-hydroxylation sites is 1. The van der Waals surface area contributed by atoms with Crippen molar-refractivity contribution in [2.45, 2.75) is 38.7 Å². The van der Waals surface area contributed by atoms with E-state index in [4.69, 9.17) is 4.74 Å². The van der Waals surface area contributed by atoms with Gasteiger partial charge in [-0.3, -0.25) is 4.79 Å². The van der Waals surface area contributed by atoms with Crippen LogP contribution < -0.4 is 9.80 Å². The zero-order valence-electron chi connectivity index (χ0n) is 20.0. The van der Waals surface area contributed by atoms with Crippen molar-refractivity contribution in [1.29, 1.82) is 0 Å². The van der Waals surface area contributed by atoms with Gasteiger partial charge in [-0.1, -0.05) is 30.3 Å². The van der Waals surface area contributed by atoms with E-state index in [-0.39, 0.29) is 17.4 Å². The van der Waals surface area contributed by atoms with Gasteiger partial charge < -0.3 is 19.4 Å². The van der Waals surface area contributed by atoms with Gasteiger partial charge in [0.2, 0.25) is 5.91 Å². The average molecular weight is 436 g/mol. The molecule has 2 aromatic carbocycles. The first-order valence-electron chi connectivity index (χ1n) is 11.8. The number of methoxy groups -OCH3 is 1. The first-order chi connectivity index (χ1) is 15.4. The van der Waals surface area contributed by atoms with Crippen molar-refractivity contribution in [2.24, 2.45) is 5.92 Å². The fraction of sp³-hybridized carbons (Fsp3) is 0.519. The average Bonchev–Trinajstić information content (AvgIpc) is 3.15. The molecule has 32 heavy (non-hydrogen) atoms. The van der Waals surface area contributed by atoms with Gasteiger partial charge in [-0.05, 0) is 63.1 Å². The molecule has 2 fully saturated rings. The highest BCUT2D eigenvalue weighted by Crippen LogP contribution is 2.31. The maximum Gasteiger partial charge on any atom is 0.230 e. The first-order valence-corrected chi connectivity index (χ1v) is 11.8. The number of carbonyl (C=O) groups excluding carboxylic acids is 1. The molecule has 4 rings (SSSR count). The maximum absolute atomic E-state index is 13.3. The van der Waals surface area contributed by atoms with Crippen LogP contribution in [0.15, 0.2) is 48.5 Å². The van der Waals surface area contributed by atoms with E-state index in [9.17, 15) is 4.79 Å². The summed E-state index contributed by atoms with van der Waals surface area (Å²) >= 11 is 0. The number of hydrogen-bond donors (Lipinski definition) is 0. The predicted octanol–water partition coefficient (Wildman–Crippen LogP) is 4.00. The minimum atomic E-state index is -0.187. The van der Waals surface area contributed by atoms with Crippen LogP contribution >= 0.6 is 0 Å². The summed E-state index contributed by atoms with van der Waals surface area (Å²) in [5, 5.41) is 0. The third kappa shape index (κ3) is 5.16. The van der Waals surface area contributed by atoms with Gasteiger partial charge in [0.25, 0.3) is 0 Å². The second-order valence-corrected chi connectivity index (χ2v) is 9.91. The van der Waals surface area contributed by atoms with Crippen molar-refractivity contribution < 1.29 is 9.53 Å². The minimum Gasteiger partial charge on any atom is -0.378 e. The Morgan fingerprint density at radius 2 is 1.66 bits per heavy atom. The van der Waals surface area contributed by atoms with Crippen LogP contribution in [0.5, 0.6) is 0 Å². The highest BCUT2D eigenvalue weighted by molar-refractivity contribution is 5.97. The van der Waals surface area contributed by atoms with E-state index in [0.717, 1.165) is 57.7 Å². The van der Waals surface area contributed by atoms with Crippen molar-refractivity contribution >= 4 is 17.3 Å². The van der Waals surface area contributed by atoms with Crippen LogP contribution in [0.3, 0.4) is 0 Å². The predicted molar refractivity (Wildman–Crippen MR) is 132 cm³/mol. The number of anilines is 2. The van der Waals surface area contributed by atoms with Crippen LogP contribution in [0.2, 0.25) is 0 Å². The number of rotatable bonds is 7. The maximum atomic E-state index is 13.3. The zero-order valence-corrected chi connectivity index (χ0v) is 20.0. The second-order valence-electron chi connectivity index (χ2n) is 9.91. The van der Waals surface area contributed by atoms with Gasteiger partial charge in [-0.25, -0.2) is 0 Å². The Morgan fingerprint density at radius 3 is 2.34 bits per heavy atom. The van der Waals surface area contributed by atoms with Gasteiger partial charge in [-0.15, -0.1) is 0 Å². The number of likely N-dealkylation sites (N-methyl/N-ethyl adjacent to an activating group) is 1. The fourth-order valence-corrected chi connectivity index (χ4v) is 4.85. The number of benzene rings is 2. The summed E-state index contributed by atoms with van der Waals surface area (Å²) in [6, 6.07) is 17.1. The van der Waals surface area contributed by atoms with Crippen LogP contribution in [-0.2, 0) is 22.4 Å². The number of ether oxygens (including phenoxy) is 1. The molecule has 0 spiro atoms. The van der Waals surface area contributed by atoms with Gasteiger partial charge in [0.1, 0.15) is 0 Å². The third-order valence-corrected chi connectivity index (χ3v) is 7.05. The molecule has 2 heterocycles. The molecule has 5 nitrogen and oxygen atoms in total. The largest absolute Gasteiger partial charge is 0.378 e. The molecule has 1 unspecified atom stereocenters. The van der Waals surface area contributed by atoms with E-state index >= 15 is 0 Å². The molecule has 2 saturated heterocycles. The number of amides is 1. The van der Waals surface area contributed by atoms with E-state index in [1.165, 1.54) is 16.8 Å². The molecule has 2 aliphatic heterocycles. The van der Waals surface area contributed by atoms with Crippen molar-refractivity contribution in [3.05, 3.63) is 59.7 Å². The Kier molecular flexibility index (Phi) is 6.87. The zero-order chi connectivity index (χ0) is 22.7. The van der Waals surface area contributed by atoms with Crippen LogP contribution in [0.4, 0.5) is 11.4 Å². The normalized spacial score (nSPS) is 20.2. The lowest BCUT2D eigenvalue weighted by molar-refractivity contribution is -0.120. The van der Waals surface area contributed by atoms with Gasteiger partial charge in [0, 0.05) is 63.5 Å². The molecule has 1 atom stereocenters. The highest BCUT2D eigenvalue weighted by atomic mass is 16.5. The van der Waals surface area contributed by atoms with E-state index < -0.39 is 0 Å². The highest BCUT2D eigenvalue weighted by Gasteiger charge is 2.33. The van der Waals surface area contributed by atoms with Crippen molar-refractivity contribution in [3.63, 3.8) is 0 Å². The Balaban J connectivity index is 1.42. The molecule has 5 heteroatoms. The topological polar surface area (TPSA) is 36.0 Å². The van der Waals surface area contributed by atoms with E-state index in [1.54, 1.807) is 7.11 Å². The van der Waals surface area contributed by atoms with Crippen LogP contribution in [0.1, 0.15) is 31.4 Å². The molecule has 172 valence electrons. The number of carbonyl (C=O) groups is 1. The molecule has 2 aliphatic rings. The van der Waals surface area contributed by atoms with Crippen LogP contribution in [-0.4, -0.2) is 63.3 Å². The molecular weight excluding hydrogens is 398 g/mol. The van der Waals surface area contributed by atoms with Crippen molar-refractivity contribution in [3.8, 4) is 0 Å². The number of piperazine rings is 1. The van der Waals surface area contributed by atoms with Crippen LogP contribution in [0.25, 0.3) is 0 Å². The Labute approximate surface area is 193 Å². The van der Waals surface area contributed by atoms with Gasteiger partial charge in [0.05, 0.1) is 5.60 Å². The van der Waals surface area contributed by atoms with Crippen molar-refractivity contribution in [1.82, 2.24) is 4.90 Å². The number of hydrogen-bond acceptors (Lipinski definition) is 4. The quantitative estimate of drug-likeness (QED) is 0.659. The van der Waals surface area contributed by atoms with Gasteiger partial charge in [-0.2, -0.15) is 0 Å². The van der Waals surface area contributed by atoms with Gasteiger partial charge >= 0.3 is 0 Å². The molecular formula is C27H37N3O2. The third-order valence-electron chi connectivity index (χ3n) is 7.05. The lowest BCUT2D eigenvalue weighted by Gasteiger charge is -2.35. The SMILES string of the molecule is COC(C)(C)Cc1ccc(N2CCC(Cc3ccccc3N3CCN(C)CC3)C2=O)cc1. The van der Waals surface area contributed by atoms with Crippen molar-refractivity contribution in [2.75, 3.05) is 56.7 Å². The summed E-state index contributed by atoms with van der Waals surface area (Å²) in [5.41, 5.74) is 4.65. The fourth-order valence-electron chi connectivity index (χ4n) is 4.85. The van der Waals surface area contributed by atoms with Crippen LogP contribution in [0, 0.1) is 5.92 Å². The summed E-state index contributed by atoms with van der Waals surface area (Å²) in [6.45, 7) is 9.24. The van der Waals surface area contributed by atoms with E-state index in [2.05, 4.69) is 79.2 Å². The first kappa shape index (κ1) is 22.8. The molecule has 0 aromatic heterocycles. The molecule has 1 amide bonds. The van der Waals surface area contributed by atoms with E-state index in [1.807, 2.05) is 4.90 Å². The number of nitrogens with zero attached hydrogens (tertiary/aromatic N) is 3. The molecule has 0 saturated carbocycles. The van der Waals surface area contributed by atoms with Gasteiger partial charge in [0.15, 0.2) is 0 Å². The minimum absolute atomic E-state index is 0.0516. The lowest BCUT2D eigenvalue weighted by Crippen LogP contribution is -2.44. The standard InChI is InChI=1S/C27H37N3O2/c1-27(2,32-4)20-21-9-11-24(12-10-21)30-14-13-23(26(30)31)19-22-7-5-6-8-25(22)29-17-15-28(3)16-18-29/h5-12,23H,13-20H2,1-4H3. The summed E-state index contributed by atoms with van der Waals surface area (Å²) in [4.78, 5) is 20.1. The lowest BCUT2D eigenvalue weighted by atomic mass is 9.96. The molecule has 0 aliphatic carbocycles. The summed E-state index contributed by atoms with van der Waals surface area (Å²) < 4.78 is 5.55. The summed E-state index contributed by atoms with van der Waals surface area (Å²) in [7, 11) is 3.93. The summed E-state index contributed by atoms with van der Waals surface area (Å²) in [6.07, 6.45) is 2.58. The Hall–Kier alpha value is -2.37. The monoisotopic (exact) mass is 435 g/mol. The molecule has 0 N–H and O–H groups in total. The molecule has 2 aromatic rings. The molecule has 0 bridgehead atoms. The molecule has 0 radical (unpaired) electrons.